The van der Waals surface area contributed by atoms with Crippen LogP contribution in [0.4, 0.5) is 0 Å². The van der Waals surface area contributed by atoms with E-state index in [0.29, 0.717) is 47.2 Å². The molecule has 10 nitrogen and oxygen atoms in total. The number of amides is 1. The second kappa shape index (κ2) is 7.07. The van der Waals surface area contributed by atoms with Gasteiger partial charge in [-0.1, -0.05) is 17.3 Å². The Bertz CT molecular complexity index is 1290. The number of aromatic nitrogens is 4. The summed E-state index contributed by atoms with van der Waals surface area (Å²) in [6.45, 7) is 0.715. The highest BCUT2D eigenvalue weighted by atomic mass is 16.5. The second-order valence-electron chi connectivity index (χ2n) is 6.78. The number of hydrogen-bond acceptors (Lipinski definition) is 9. The number of para-hydroxylation sites is 1. The standard InChI is InChI=1S/C20H15N5O5/c1-28-15-4-2-3-11-7-13(20(27)29-16(11)15)19(26)25-9-12(10-25)18-23-17(24-30-18)14-8-21-5-6-22-14/h2-8,12H,9-10H2,1H3. The van der Waals surface area contributed by atoms with Crippen LogP contribution in [0.25, 0.3) is 22.5 Å². The summed E-state index contributed by atoms with van der Waals surface area (Å²) >= 11 is 0. The Labute approximate surface area is 169 Å². The third-order valence-electron chi connectivity index (χ3n) is 4.93. The molecule has 0 saturated carbocycles. The number of ether oxygens (including phenoxy) is 1. The summed E-state index contributed by atoms with van der Waals surface area (Å²) in [6, 6.07) is 6.73. The summed E-state index contributed by atoms with van der Waals surface area (Å²) in [5.41, 5.74) is 0.0811. The molecule has 1 amide bonds. The van der Waals surface area contributed by atoms with E-state index in [4.69, 9.17) is 13.7 Å². The molecule has 1 aromatic carbocycles. The summed E-state index contributed by atoms with van der Waals surface area (Å²) in [4.78, 5) is 39.2. The summed E-state index contributed by atoms with van der Waals surface area (Å²) < 4.78 is 15.8. The maximum absolute atomic E-state index is 12.8. The van der Waals surface area contributed by atoms with Gasteiger partial charge in [-0.3, -0.25) is 9.78 Å². The molecule has 0 bridgehead atoms. The van der Waals surface area contributed by atoms with Crippen molar-refractivity contribution in [3.05, 3.63) is 64.7 Å². The summed E-state index contributed by atoms with van der Waals surface area (Å²) in [7, 11) is 1.49. The van der Waals surface area contributed by atoms with Gasteiger partial charge in [-0.15, -0.1) is 0 Å². The van der Waals surface area contributed by atoms with Crippen molar-refractivity contribution in [2.24, 2.45) is 0 Å². The molecule has 0 spiro atoms. The minimum absolute atomic E-state index is 0.0278. The van der Waals surface area contributed by atoms with E-state index in [1.165, 1.54) is 18.1 Å². The van der Waals surface area contributed by atoms with E-state index < -0.39 is 11.5 Å². The third kappa shape index (κ3) is 2.98. The predicted octanol–water partition coefficient (Wildman–Crippen LogP) is 1.88. The van der Waals surface area contributed by atoms with Gasteiger partial charge in [0, 0.05) is 30.9 Å². The first-order valence-corrected chi connectivity index (χ1v) is 9.14. The summed E-state index contributed by atoms with van der Waals surface area (Å²) in [5, 5.41) is 4.52. The van der Waals surface area contributed by atoms with E-state index in [1.807, 2.05) is 0 Å². The van der Waals surface area contributed by atoms with Gasteiger partial charge in [0.05, 0.1) is 19.2 Å². The topological polar surface area (TPSA) is 124 Å². The lowest BCUT2D eigenvalue weighted by atomic mass is 9.99. The van der Waals surface area contributed by atoms with E-state index in [9.17, 15) is 9.59 Å². The quantitative estimate of drug-likeness (QED) is 0.468. The van der Waals surface area contributed by atoms with Crippen molar-refractivity contribution in [1.29, 1.82) is 0 Å². The predicted molar refractivity (Wildman–Crippen MR) is 103 cm³/mol. The van der Waals surface area contributed by atoms with Gasteiger partial charge in [0.15, 0.2) is 11.3 Å². The number of methoxy groups -OCH3 is 1. The number of hydrogen-bond donors (Lipinski definition) is 0. The van der Waals surface area contributed by atoms with Crippen molar-refractivity contribution in [1.82, 2.24) is 25.0 Å². The maximum Gasteiger partial charge on any atom is 0.349 e. The maximum atomic E-state index is 12.8. The zero-order valence-electron chi connectivity index (χ0n) is 15.8. The van der Waals surface area contributed by atoms with Gasteiger partial charge in [0.2, 0.25) is 11.7 Å². The molecular weight excluding hydrogens is 390 g/mol. The minimum Gasteiger partial charge on any atom is -0.493 e. The molecule has 30 heavy (non-hydrogen) atoms. The third-order valence-corrected chi connectivity index (χ3v) is 4.93. The molecule has 0 radical (unpaired) electrons. The van der Waals surface area contributed by atoms with Gasteiger partial charge in [-0.2, -0.15) is 4.98 Å². The SMILES string of the molecule is COc1cccc2cc(C(=O)N3CC(c4nc(-c5cnccn5)no4)C3)c(=O)oc12. The zero-order chi connectivity index (χ0) is 20.7. The van der Waals surface area contributed by atoms with Gasteiger partial charge < -0.3 is 18.6 Å². The molecule has 1 aliphatic heterocycles. The molecule has 1 aliphatic rings. The highest BCUT2D eigenvalue weighted by Gasteiger charge is 2.37. The number of likely N-dealkylation sites (tertiary alicyclic amines) is 1. The number of carbonyl (C=O) groups excluding carboxylic acids is 1. The van der Waals surface area contributed by atoms with Crippen LogP contribution in [0.5, 0.6) is 5.75 Å². The second-order valence-corrected chi connectivity index (χ2v) is 6.78. The molecule has 1 saturated heterocycles. The molecule has 5 rings (SSSR count). The van der Waals surface area contributed by atoms with Crippen molar-refractivity contribution < 1.29 is 18.5 Å². The smallest absolute Gasteiger partial charge is 0.349 e. The normalized spacial score (nSPS) is 14.0. The molecule has 3 aromatic heterocycles. The minimum atomic E-state index is -0.705. The molecule has 0 N–H and O–H groups in total. The average Bonchev–Trinajstić information content (AvgIpc) is 3.22. The van der Waals surface area contributed by atoms with Crippen LogP contribution in [-0.2, 0) is 0 Å². The van der Waals surface area contributed by atoms with Crippen molar-refractivity contribution >= 4 is 16.9 Å². The van der Waals surface area contributed by atoms with Crippen LogP contribution in [0.1, 0.15) is 22.2 Å². The number of nitrogens with zero attached hydrogens (tertiary/aromatic N) is 5. The van der Waals surface area contributed by atoms with Crippen LogP contribution < -0.4 is 10.4 Å². The average molecular weight is 405 g/mol. The first-order valence-electron chi connectivity index (χ1n) is 9.14. The fraction of sp³-hybridized carbons (Fsp3) is 0.200. The summed E-state index contributed by atoms with van der Waals surface area (Å²) in [5.74, 6) is 0.669. The molecule has 4 heterocycles. The lowest BCUT2D eigenvalue weighted by Crippen LogP contribution is -2.49. The molecule has 0 aliphatic carbocycles. The summed E-state index contributed by atoms with van der Waals surface area (Å²) in [6.07, 6.45) is 4.64. The molecule has 4 aromatic rings. The molecular formula is C20H15N5O5. The van der Waals surface area contributed by atoms with Gasteiger partial charge in [-0.05, 0) is 12.1 Å². The Morgan fingerprint density at radius 1 is 1.27 bits per heavy atom. The molecule has 150 valence electrons. The van der Waals surface area contributed by atoms with Crippen molar-refractivity contribution in [3.63, 3.8) is 0 Å². The molecule has 0 unspecified atom stereocenters. The zero-order valence-corrected chi connectivity index (χ0v) is 15.8. The number of fused-ring (bicyclic) bond motifs is 1. The highest BCUT2D eigenvalue weighted by Crippen LogP contribution is 2.29. The van der Waals surface area contributed by atoms with E-state index in [0.717, 1.165) is 0 Å². The molecule has 0 atom stereocenters. The molecule has 1 fully saturated rings. The highest BCUT2D eigenvalue weighted by molar-refractivity contribution is 5.97. The number of benzene rings is 1. The van der Waals surface area contributed by atoms with Gasteiger partial charge >= 0.3 is 5.63 Å². The van der Waals surface area contributed by atoms with Crippen LogP contribution in [0.3, 0.4) is 0 Å². The van der Waals surface area contributed by atoms with Gasteiger partial charge in [0.25, 0.3) is 5.91 Å². The van der Waals surface area contributed by atoms with Crippen molar-refractivity contribution in [3.8, 4) is 17.3 Å². The Morgan fingerprint density at radius 3 is 2.90 bits per heavy atom. The van der Waals surface area contributed by atoms with Gasteiger partial charge in [0.1, 0.15) is 11.3 Å². The lowest BCUT2D eigenvalue weighted by Gasteiger charge is -2.36. The van der Waals surface area contributed by atoms with Crippen LogP contribution in [0, 0.1) is 0 Å². The molecule has 10 heteroatoms. The van der Waals surface area contributed by atoms with E-state index in [1.54, 1.807) is 36.8 Å². The number of rotatable bonds is 4. The van der Waals surface area contributed by atoms with Gasteiger partial charge in [-0.25, -0.2) is 9.78 Å². The Hall–Kier alpha value is -4.08. The van der Waals surface area contributed by atoms with Crippen LogP contribution in [0.2, 0.25) is 0 Å². The Balaban J connectivity index is 1.33. The van der Waals surface area contributed by atoms with Crippen LogP contribution in [-0.4, -0.2) is 51.1 Å². The Morgan fingerprint density at radius 2 is 2.13 bits per heavy atom. The lowest BCUT2D eigenvalue weighted by molar-refractivity contribution is 0.0565. The van der Waals surface area contributed by atoms with E-state index >= 15 is 0 Å². The monoisotopic (exact) mass is 405 g/mol. The van der Waals surface area contributed by atoms with E-state index in [2.05, 4.69) is 20.1 Å². The van der Waals surface area contributed by atoms with Crippen molar-refractivity contribution in [2.75, 3.05) is 20.2 Å². The fourth-order valence-electron chi connectivity index (χ4n) is 3.32. The number of carbonyl (C=O) groups is 1. The largest absolute Gasteiger partial charge is 0.493 e. The van der Waals surface area contributed by atoms with Crippen LogP contribution >= 0.6 is 0 Å². The van der Waals surface area contributed by atoms with Crippen molar-refractivity contribution in [2.45, 2.75) is 5.92 Å². The van der Waals surface area contributed by atoms with E-state index in [-0.39, 0.29) is 11.5 Å². The van der Waals surface area contributed by atoms with Crippen LogP contribution in [0.15, 0.2) is 56.6 Å². The first kappa shape index (κ1) is 18.0. The fourth-order valence-corrected chi connectivity index (χ4v) is 3.32. The Kier molecular flexibility index (Phi) is 4.24. The first-order chi connectivity index (χ1) is 14.6.